The Labute approximate surface area is 120 Å². The number of benzene rings is 2. The van der Waals surface area contributed by atoms with E-state index >= 15 is 0 Å². The maximum atomic E-state index is 12.1. The highest BCUT2D eigenvalue weighted by atomic mass is 32.2. The molecule has 8 heteroatoms. The van der Waals surface area contributed by atoms with Crippen LogP contribution in [0.15, 0.2) is 53.4 Å². The molecule has 0 spiro atoms. The number of carbonyl (C=O) groups is 1. The molecule has 0 aliphatic carbocycles. The highest BCUT2D eigenvalue weighted by Gasteiger charge is 2.16. The van der Waals surface area contributed by atoms with Gasteiger partial charge in [0, 0.05) is 6.07 Å². The Kier molecular flexibility index (Phi) is 3.99. The first-order valence-electron chi connectivity index (χ1n) is 5.70. The zero-order valence-electron chi connectivity index (χ0n) is 10.6. The lowest BCUT2D eigenvalue weighted by Gasteiger charge is -2.10. The number of nitrogens with one attached hydrogen (secondary N) is 1. The maximum Gasteiger partial charge on any atom is 0.511 e. The lowest BCUT2D eigenvalue weighted by Crippen LogP contribution is -2.13. The van der Waals surface area contributed by atoms with Crippen molar-refractivity contribution in [3.05, 3.63) is 48.5 Å². The van der Waals surface area contributed by atoms with E-state index in [0.717, 1.165) is 12.1 Å². The monoisotopic (exact) mass is 309 g/mol. The lowest BCUT2D eigenvalue weighted by molar-refractivity contribution is 0.144. The molecule has 0 atom stereocenters. The van der Waals surface area contributed by atoms with Gasteiger partial charge in [-0.2, -0.15) is 0 Å². The van der Waals surface area contributed by atoms with Crippen molar-refractivity contribution < 1.29 is 28.2 Å². The summed E-state index contributed by atoms with van der Waals surface area (Å²) in [6.45, 7) is 0. The largest absolute Gasteiger partial charge is 0.511 e. The summed E-state index contributed by atoms with van der Waals surface area (Å²) >= 11 is 0. The minimum Gasteiger partial charge on any atom is -0.506 e. The van der Waals surface area contributed by atoms with E-state index < -0.39 is 16.2 Å². The fraction of sp³-hybridized carbons (Fsp3) is 0. The molecule has 0 saturated carbocycles. The van der Waals surface area contributed by atoms with E-state index in [2.05, 4.69) is 9.46 Å². The summed E-state index contributed by atoms with van der Waals surface area (Å²) in [7, 11) is -3.89. The first kappa shape index (κ1) is 14.7. The van der Waals surface area contributed by atoms with Crippen molar-refractivity contribution in [3.63, 3.8) is 0 Å². The topological polar surface area (TPSA) is 113 Å². The molecule has 2 aromatic carbocycles. The van der Waals surface area contributed by atoms with Crippen LogP contribution in [0, 0.1) is 0 Å². The molecule has 2 rings (SSSR count). The van der Waals surface area contributed by atoms with Crippen molar-refractivity contribution in [1.82, 2.24) is 0 Å². The second kappa shape index (κ2) is 5.71. The van der Waals surface area contributed by atoms with E-state index in [4.69, 9.17) is 5.11 Å². The van der Waals surface area contributed by atoms with Gasteiger partial charge in [-0.3, -0.25) is 4.72 Å². The normalized spacial score (nSPS) is 10.9. The quantitative estimate of drug-likeness (QED) is 0.453. The van der Waals surface area contributed by atoms with Crippen molar-refractivity contribution in [2.24, 2.45) is 0 Å². The second-order valence-corrected chi connectivity index (χ2v) is 5.65. The molecule has 0 unspecified atom stereocenters. The number of sulfonamides is 1. The Hall–Kier alpha value is -2.74. The van der Waals surface area contributed by atoms with Crippen molar-refractivity contribution >= 4 is 21.9 Å². The summed E-state index contributed by atoms with van der Waals surface area (Å²) in [5.41, 5.74) is -0.183. The third-order valence-electron chi connectivity index (χ3n) is 2.47. The highest BCUT2D eigenvalue weighted by Crippen LogP contribution is 2.30. The van der Waals surface area contributed by atoms with Crippen molar-refractivity contribution in [2.45, 2.75) is 4.90 Å². The van der Waals surface area contributed by atoms with E-state index in [1.54, 1.807) is 18.2 Å². The lowest BCUT2D eigenvalue weighted by atomic mass is 10.3. The number of hydrogen-bond donors (Lipinski definition) is 3. The van der Waals surface area contributed by atoms with Crippen molar-refractivity contribution in [3.8, 4) is 11.5 Å². The Morgan fingerprint density at radius 3 is 2.38 bits per heavy atom. The molecule has 0 aromatic heterocycles. The smallest absolute Gasteiger partial charge is 0.506 e. The third kappa shape index (κ3) is 3.63. The molecule has 0 radical (unpaired) electrons. The van der Waals surface area contributed by atoms with Crippen molar-refractivity contribution in [1.29, 1.82) is 0 Å². The van der Waals surface area contributed by atoms with Gasteiger partial charge in [0.15, 0.2) is 0 Å². The second-order valence-electron chi connectivity index (χ2n) is 3.97. The number of ether oxygens (including phenoxy) is 1. The summed E-state index contributed by atoms with van der Waals surface area (Å²) in [5, 5.41) is 18.2. The van der Waals surface area contributed by atoms with Crippen LogP contribution in [-0.4, -0.2) is 24.8 Å². The Morgan fingerprint density at radius 1 is 1.10 bits per heavy atom. The minimum atomic E-state index is -3.89. The molecule has 110 valence electrons. The van der Waals surface area contributed by atoms with Gasteiger partial charge in [-0.25, -0.2) is 13.2 Å². The number of anilines is 1. The number of phenols is 1. The third-order valence-corrected chi connectivity index (χ3v) is 3.85. The number of rotatable bonds is 4. The SMILES string of the molecule is O=C(O)Oc1ccc(O)c(NS(=O)(=O)c2ccccc2)c1. The summed E-state index contributed by atoms with van der Waals surface area (Å²) in [5.74, 6) is -0.474. The zero-order valence-corrected chi connectivity index (χ0v) is 11.4. The van der Waals surface area contributed by atoms with E-state index in [1.165, 1.54) is 18.2 Å². The number of carboxylic acid groups (broad SMARTS) is 1. The van der Waals surface area contributed by atoms with Crippen molar-refractivity contribution in [2.75, 3.05) is 4.72 Å². The molecule has 0 amide bonds. The zero-order chi connectivity index (χ0) is 15.5. The molecule has 0 bridgehead atoms. The molecule has 3 N–H and O–H groups in total. The molecular weight excluding hydrogens is 298 g/mol. The van der Waals surface area contributed by atoms with Crippen LogP contribution < -0.4 is 9.46 Å². The minimum absolute atomic E-state index is 0.00829. The predicted molar refractivity (Wildman–Crippen MR) is 74.0 cm³/mol. The summed E-state index contributed by atoms with van der Waals surface area (Å²) in [6.07, 6.45) is -1.54. The van der Waals surface area contributed by atoms with Gasteiger partial charge in [-0.1, -0.05) is 18.2 Å². The van der Waals surface area contributed by atoms with Crippen LogP contribution in [-0.2, 0) is 10.0 Å². The molecule has 2 aromatic rings. The summed E-state index contributed by atoms with van der Waals surface area (Å²) in [6, 6.07) is 10.9. The molecular formula is C13H11NO6S. The van der Waals surface area contributed by atoms with Crippen LogP contribution >= 0.6 is 0 Å². The van der Waals surface area contributed by atoms with E-state index in [1.807, 2.05) is 0 Å². The van der Waals surface area contributed by atoms with Gasteiger partial charge in [0.1, 0.15) is 11.5 Å². The van der Waals surface area contributed by atoms with Gasteiger partial charge >= 0.3 is 6.16 Å². The molecule has 21 heavy (non-hydrogen) atoms. The van der Waals surface area contributed by atoms with Crippen LogP contribution in [0.25, 0.3) is 0 Å². The molecule has 0 fully saturated rings. The van der Waals surface area contributed by atoms with Crippen LogP contribution in [0.4, 0.5) is 10.5 Å². The average Bonchev–Trinajstić information content (AvgIpc) is 2.43. The van der Waals surface area contributed by atoms with Crippen LogP contribution in [0.5, 0.6) is 11.5 Å². The van der Waals surface area contributed by atoms with Gasteiger partial charge in [0.25, 0.3) is 10.0 Å². The van der Waals surface area contributed by atoms with Crippen LogP contribution in [0.1, 0.15) is 0 Å². The van der Waals surface area contributed by atoms with Crippen LogP contribution in [0.3, 0.4) is 0 Å². The Bertz CT molecular complexity index is 757. The number of phenolic OH excluding ortho intramolecular Hbond substituents is 1. The van der Waals surface area contributed by atoms with E-state index in [-0.39, 0.29) is 22.1 Å². The van der Waals surface area contributed by atoms with Crippen LogP contribution in [0.2, 0.25) is 0 Å². The van der Waals surface area contributed by atoms with Gasteiger partial charge < -0.3 is 14.9 Å². The van der Waals surface area contributed by atoms with Gasteiger partial charge in [-0.15, -0.1) is 0 Å². The van der Waals surface area contributed by atoms with Gasteiger partial charge in [-0.05, 0) is 24.3 Å². The predicted octanol–water partition coefficient (Wildman–Crippen LogP) is 2.25. The molecule has 0 heterocycles. The first-order chi connectivity index (χ1) is 9.88. The summed E-state index contributed by atoms with van der Waals surface area (Å²) in [4.78, 5) is 10.5. The molecule has 0 saturated heterocycles. The number of hydrogen-bond acceptors (Lipinski definition) is 5. The summed E-state index contributed by atoms with van der Waals surface area (Å²) < 4.78 is 30.8. The van der Waals surface area contributed by atoms with Gasteiger partial charge in [0.2, 0.25) is 0 Å². The standard InChI is InChI=1S/C13H11NO6S/c15-12-7-6-9(20-13(16)17)8-11(12)14-21(18,19)10-4-2-1-3-5-10/h1-8,14-15H,(H,16,17). The highest BCUT2D eigenvalue weighted by molar-refractivity contribution is 7.92. The first-order valence-corrected chi connectivity index (χ1v) is 7.18. The average molecular weight is 309 g/mol. The Morgan fingerprint density at radius 2 is 1.76 bits per heavy atom. The van der Waals surface area contributed by atoms with E-state index in [0.29, 0.717) is 0 Å². The maximum absolute atomic E-state index is 12.1. The number of aromatic hydroxyl groups is 1. The van der Waals surface area contributed by atoms with Gasteiger partial charge in [0.05, 0.1) is 10.6 Å². The fourth-order valence-corrected chi connectivity index (χ4v) is 2.65. The Balaban J connectivity index is 2.33. The fourth-order valence-electron chi connectivity index (χ4n) is 1.56. The van der Waals surface area contributed by atoms with E-state index in [9.17, 15) is 18.3 Å². The molecule has 0 aliphatic heterocycles. The molecule has 0 aliphatic rings. The molecule has 7 nitrogen and oxygen atoms in total.